The van der Waals surface area contributed by atoms with Crippen molar-refractivity contribution < 1.29 is 17.9 Å². The van der Waals surface area contributed by atoms with Crippen molar-refractivity contribution in [1.29, 1.82) is 0 Å². The molecule has 10 heavy (non-hydrogen) atoms. The molecule has 0 aliphatic carbocycles. The molecule has 0 bridgehead atoms. The minimum Gasteiger partial charge on any atom is -0.381 e. The summed E-state index contributed by atoms with van der Waals surface area (Å²) in [5.41, 5.74) is 0. The van der Waals surface area contributed by atoms with E-state index in [-0.39, 0.29) is 13.0 Å². The lowest BCUT2D eigenvalue weighted by Gasteiger charge is -2.23. The van der Waals surface area contributed by atoms with Crippen LogP contribution in [-0.4, -0.2) is 19.4 Å². The van der Waals surface area contributed by atoms with Crippen molar-refractivity contribution in [3.63, 3.8) is 0 Å². The quantitative estimate of drug-likeness (QED) is 0.518. The lowest BCUT2D eigenvalue weighted by Crippen LogP contribution is -2.30. The molecule has 1 atom stereocenters. The Morgan fingerprint density at radius 2 is 2.00 bits per heavy atom. The van der Waals surface area contributed by atoms with E-state index in [2.05, 4.69) is 4.74 Å². The summed E-state index contributed by atoms with van der Waals surface area (Å²) in [4.78, 5) is 0. The van der Waals surface area contributed by atoms with Gasteiger partial charge in [0.15, 0.2) is 0 Å². The van der Waals surface area contributed by atoms with Gasteiger partial charge in [-0.05, 0) is 12.8 Å². The lowest BCUT2D eigenvalue weighted by molar-refractivity contribution is -0.199. The summed E-state index contributed by atoms with van der Waals surface area (Å²) in [5.74, 6) is -1.22. The maximum atomic E-state index is 11.9. The fourth-order valence-electron chi connectivity index (χ4n) is 0.999. The van der Waals surface area contributed by atoms with Crippen molar-refractivity contribution in [2.24, 2.45) is 5.92 Å². The van der Waals surface area contributed by atoms with Crippen LogP contribution in [0.5, 0.6) is 0 Å². The first kappa shape index (κ1) is 7.85. The Kier molecular flexibility index (Phi) is 2.18. The van der Waals surface area contributed by atoms with E-state index in [1.165, 1.54) is 0 Å². The molecule has 0 radical (unpaired) electrons. The van der Waals surface area contributed by atoms with Crippen molar-refractivity contribution in [3.8, 4) is 0 Å². The van der Waals surface area contributed by atoms with Crippen LogP contribution in [0.3, 0.4) is 0 Å². The van der Waals surface area contributed by atoms with Crippen molar-refractivity contribution >= 4 is 0 Å². The zero-order valence-corrected chi connectivity index (χ0v) is 5.45. The highest BCUT2D eigenvalue weighted by Gasteiger charge is 2.40. The summed E-state index contributed by atoms with van der Waals surface area (Å²) < 4.78 is 40.3. The third-order valence-corrected chi connectivity index (χ3v) is 1.62. The zero-order chi connectivity index (χ0) is 7.61. The Balaban J connectivity index is 2.39. The van der Waals surface area contributed by atoms with Gasteiger partial charge in [0, 0.05) is 6.61 Å². The van der Waals surface area contributed by atoms with Gasteiger partial charge in [-0.1, -0.05) is 0 Å². The summed E-state index contributed by atoms with van der Waals surface area (Å²) >= 11 is 0. The summed E-state index contributed by atoms with van der Waals surface area (Å²) in [7, 11) is 0. The molecular formula is C6H9F3O. The topological polar surface area (TPSA) is 9.23 Å². The number of rotatable bonds is 0. The van der Waals surface area contributed by atoms with Gasteiger partial charge in [-0.3, -0.25) is 0 Å². The number of alkyl halides is 3. The van der Waals surface area contributed by atoms with Crippen molar-refractivity contribution in [3.05, 3.63) is 0 Å². The van der Waals surface area contributed by atoms with Crippen LogP contribution in [0.1, 0.15) is 12.8 Å². The molecule has 1 nitrogen and oxygen atoms in total. The second kappa shape index (κ2) is 2.78. The minimum absolute atomic E-state index is 0.149. The molecule has 0 aromatic carbocycles. The highest BCUT2D eigenvalue weighted by atomic mass is 19.4. The molecule has 0 N–H and O–H groups in total. The van der Waals surface area contributed by atoms with E-state index in [4.69, 9.17) is 0 Å². The van der Waals surface area contributed by atoms with Gasteiger partial charge in [-0.2, -0.15) is 13.2 Å². The van der Waals surface area contributed by atoms with Crippen LogP contribution in [0.2, 0.25) is 0 Å². The van der Waals surface area contributed by atoms with Gasteiger partial charge in [0.25, 0.3) is 0 Å². The van der Waals surface area contributed by atoms with Crippen molar-refractivity contribution in [1.82, 2.24) is 0 Å². The van der Waals surface area contributed by atoms with E-state index in [1.807, 2.05) is 0 Å². The second-order valence-electron chi connectivity index (χ2n) is 2.46. The van der Waals surface area contributed by atoms with Gasteiger partial charge in [0.2, 0.25) is 0 Å². The first-order valence-electron chi connectivity index (χ1n) is 3.25. The normalized spacial score (nSPS) is 28.5. The number of halogens is 3. The van der Waals surface area contributed by atoms with E-state index in [1.54, 1.807) is 0 Å². The molecule has 0 unspecified atom stereocenters. The Morgan fingerprint density at radius 1 is 1.30 bits per heavy atom. The average Bonchev–Trinajstić information content (AvgIpc) is 1.88. The van der Waals surface area contributed by atoms with Gasteiger partial charge in [-0.25, -0.2) is 0 Å². The summed E-state index contributed by atoms with van der Waals surface area (Å²) in [6.45, 7) is 0.329. The maximum absolute atomic E-state index is 11.9. The first-order chi connectivity index (χ1) is 4.61. The second-order valence-corrected chi connectivity index (χ2v) is 2.46. The molecule has 1 rings (SSSR count). The molecule has 0 amide bonds. The molecule has 60 valence electrons. The average molecular weight is 154 g/mol. The standard InChI is InChI=1S/C6H9F3O/c7-6(8,9)5-2-1-3-10-4-5/h5H,1-4H2/t5-/m1/s1. The third-order valence-electron chi connectivity index (χ3n) is 1.62. The molecule has 0 saturated carbocycles. The van der Waals surface area contributed by atoms with E-state index < -0.39 is 12.1 Å². The van der Waals surface area contributed by atoms with E-state index in [0.29, 0.717) is 13.0 Å². The Labute approximate surface area is 57.2 Å². The van der Waals surface area contributed by atoms with Crippen LogP contribution in [0.25, 0.3) is 0 Å². The Hall–Kier alpha value is -0.250. The predicted octanol–water partition coefficient (Wildman–Crippen LogP) is 1.98. The monoisotopic (exact) mass is 154 g/mol. The minimum atomic E-state index is -4.06. The highest BCUT2D eigenvalue weighted by molar-refractivity contribution is 4.69. The van der Waals surface area contributed by atoms with E-state index in [0.717, 1.165) is 0 Å². The van der Waals surface area contributed by atoms with Crippen LogP contribution >= 0.6 is 0 Å². The summed E-state index contributed by atoms with van der Waals surface area (Å²) in [5, 5.41) is 0. The largest absolute Gasteiger partial charge is 0.394 e. The molecule has 0 aromatic heterocycles. The maximum Gasteiger partial charge on any atom is 0.394 e. The molecule has 1 aliphatic heterocycles. The van der Waals surface area contributed by atoms with Crippen LogP contribution in [0.4, 0.5) is 13.2 Å². The smallest absolute Gasteiger partial charge is 0.381 e. The molecule has 1 saturated heterocycles. The molecular weight excluding hydrogens is 145 g/mol. The Bertz CT molecular complexity index is 104. The first-order valence-corrected chi connectivity index (χ1v) is 3.25. The van der Waals surface area contributed by atoms with Crippen LogP contribution in [0.15, 0.2) is 0 Å². The van der Waals surface area contributed by atoms with Gasteiger partial charge < -0.3 is 4.74 Å². The lowest BCUT2D eigenvalue weighted by atomic mass is 10.0. The molecule has 1 fully saturated rings. The summed E-state index contributed by atoms with van der Waals surface area (Å²) in [6.07, 6.45) is -3.30. The SMILES string of the molecule is FC(F)(F)[C@@H]1CCCOC1. The molecule has 0 aromatic rings. The fraction of sp³-hybridized carbons (Fsp3) is 1.00. The molecule has 0 spiro atoms. The summed E-state index contributed by atoms with van der Waals surface area (Å²) in [6, 6.07) is 0. The predicted molar refractivity (Wildman–Crippen MR) is 29.6 cm³/mol. The van der Waals surface area contributed by atoms with Crippen molar-refractivity contribution in [2.75, 3.05) is 13.2 Å². The Morgan fingerprint density at radius 3 is 2.30 bits per heavy atom. The zero-order valence-electron chi connectivity index (χ0n) is 5.45. The number of hydrogen-bond donors (Lipinski definition) is 0. The van der Waals surface area contributed by atoms with Crippen molar-refractivity contribution in [2.45, 2.75) is 19.0 Å². The van der Waals surface area contributed by atoms with Gasteiger partial charge in [-0.15, -0.1) is 0 Å². The highest BCUT2D eigenvalue weighted by Crippen LogP contribution is 2.31. The molecule has 1 aliphatic rings. The van der Waals surface area contributed by atoms with Gasteiger partial charge >= 0.3 is 6.18 Å². The molecule has 4 heteroatoms. The van der Waals surface area contributed by atoms with E-state index in [9.17, 15) is 13.2 Å². The van der Waals surface area contributed by atoms with Crippen LogP contribution in [0, 0.1) is 5.92 Å². The van der Waals surface area contributed by atoms with Crippen LogP contribution < -0.4 is 0 Å². The fourth-order valence-corrected chi connectivity index (χ4v) is 0.999. The van der Waals surface area contributed by atoms with E-state index >= 15 is 0 Å². The van der Waals surface area contributed by atoms with Crippen LogP contribution in [-0.2, 0) is 4.74 Å². The number of hydrogen-bond acceptors (Lipinski definition) is 1. The van der Waals surface area contributed by atoms with Gasteiger partial charge in [0.05, 0.1) is 12.5 Å². The third kappa shape index (κ3) is 1.87. The van der Waals surface area contributed by atoms with Gasteiger partial charge in [0.1, 0.15) is 0 Å². The number of ether oxygens (including phenoxy) is 1. The molecule has 1 heterocycles.